The van der Waals surface area contributed by atoms with Crippen LogP contribution in [0.15, 0.2) is 24.7 Å². The van der Waals surface area contributed by atoms with E-state index in [-0.39, 0.29) is 12.3 Å². The summed E-state index contributed by atoms with van der Waals surface area (Å²) in [6, 6.07) is 0. The molecule has 2 nitrogen and oxygen atoms in total. The summed E-state index contributed by atoms with van der Waals surface area (Å²) < 4.78 is 13.7. The average Bonchev–Trinajstić information content (AvgIpc) is 1.77. The van der Waals surface area contributed by atoms with Crippen LogP contribution in [0.1, 0.15) is 2.74 Å². The van der Waals surface area contributed by atoms with Gasteiger partial charge in [-0.05, 0) is 0 Å². The predicted octanol–water partition coefficient (Wildman–Crippen LogP) is 0.477. The van der Waals surface area contributed by atoms with E-state index in [9.17, 15) is 0 Å². The lowest BCUT2D eigenvalue weighted by atomic mass is 10.8. The van der Waals surface area contributed by atoms with E-state index in [1.54, 1.807) is 0 Å². The molecule has 1 aromatic rings. The quantitative estimate of drug-likeness (QED) is 0.455. The topological polar surface area (TPSA) is 25.8 Å². The number of hydrogen-bond acceptors (Lipinski definition) is 2. The van der Waals surface area contributed by atoms with Gasteiger partial charge in [0.05, 0.1) is 2.74 Å². The summed E-state index contributed by atoms with van der Waals surface area (Å²) in [5.74, 6) is 0. The Bertz CT molecular complexity index is 151. The van der Waals surface area contributed by atoms with E-state index in [2.05, 4.69) is 9.97 Å². The Hall–Kier alpha value is -0.920. The Labute approximate surface area is 38.7 Å². The Morgan fingerprint density at radius 1 is 1.17 bits per heavy atom. The highest BCUT2D eigenvalue weighted by atomic mass is 14.7. The second-order valence-electron chi connectivity index (χ2n) is 0.775. The fourth-order valence-electron chi connectivity index (χ4n) is 0.199. The minimum Gasteiger partial charge on any atom is -0.262 e. The molecule has 0 aromatic carbocycles. The molecule has 0 aliphatic heterocycles. The minimum absolute atomic E-state index is 0.0981. The number of rotatable bonds is 0. The van der Waals surface area contributed by atoms with Crippen molar-refractivity contribution >= 4 is 0 Å². The number of hydrogen-bond donors (Lipinski definition) is 0. The molecule has 6 heavy (non-hydrogen) atoms. The normalized spacial score (nSPS) is 12.7. The van der Waals surface area contributed by atoms with Crippen LogP contribution in [-0.4, -0.2) is 9.97 Å². The summed E-state index contributed by atoms with van der Waals surface area (Å²) in [5, 5.41) is 0. The van der Waals surface area contributed by atoms with Gasteiger partial charge in [0.2, 0.25) is 0 Å². The van der Waals surface area contributed by atoms with Crippen molar-refractivity contribution in [2.75, 3.05) is 0 Å². The molecule has 0 aliphatic rings. The lowest BCUT2D eigenvalue weighted by Gasteiger charge is -1.70. The molecule has 0 aliphatic carbocycles. The van der Waals surface area contributed by atoms with Crippen LogP contribution < -0.4 is 0 Å². The lowest BCUT2D eigenvalue weighted by Crippen LogP contribution is -1.66. The third-order valence-corrected chi connectivity index (χ3v) is 0.394. The monoisotopic (exact) mass is 82.1 g/mol. The predicted molar refractivity (Wildman–Crippen MR) is 22.0 cm³/mol. The van der Waals surface area contributed by atoms with Crippen molar-refractivity contribution in [1.29, 1.82) is 0 Å². The van der Waals surface area contributed by atoms with Crippen LogP contribution in [0.4, 0.5) is 0 Å². The smallest absolute Gasteiger partial charge is 0.0857 e. The van der Waals surface area contributed by atoms with Gasteiger partial charge in [-0.15, -0.1) is 0 Å². The molecule has 0 saturated carbocycles. The molecule has 2 heteroatoms. The maximum atomic E-state index is 6.83. The van der Waals surface area contributed by atoms with Crippen LogP contribution in [0.5, 0.6) is 0 Å². The van der Waals surface area contributed by atoms with Crippen LogP contribution >= 0.6 is 0 Å². The van der Waals surface area contributed by atoms with Crippen molar-refractivity contribution in [3.05, 3.63) is 24.7 Å². The largest absolute Gasteiger partial charge is 0.262 e. The second-order valence-corrected chi connectivity index (χ2v) is 0.775. The molecule has 0 atom stereocenters. The molecule has 30 valence electrons. The standard InChI is InChI=1S/C4H4N2/c1-2-6-4-3-5-1/h1-4H/i1D,4D. The van der Waals surface area contributed by atoms with Crippen molar-refractivity contribution in [3.8, 4) is 0 Å². The van der Waals surface area contributed by atoms with Gasteiger partial charge in [0.1, 0.15) is 0 Å². The molecule has 1 rings (SSSR count). The lowest BCUT2D eigenvalue weighted by molar-refractivity contribution is 1.20. The van der Waals surface area contributed by atoms with E-state index >= 15 is 0 Å². The van der Waals surface area contributed by atoms with Crippen molar-refractivity contribution < 1.29 is 2.74 Å². The highest BCUT2D eigenvalue weighted by Gasteiger charge is 1.59. The maximum Gasteiger partial charge on any atom is 0.0857 e. The maximum absolute atomic E-state index is 6.83. The zero-order chi connectivity index (χ0) is 5.98. The van der Waals surface area contributed by atoms with Gasteiger partial charge in [-0.3, -0.25) is 9.97 Å². The summed E-state index contributed by atoms with van der Waals surface area (Å²) in [5.41, 5.74) is 0. The van der Waals surface area contributed by atoms with Crippen molar-refractivity contribution in [3.63, 3.8) is 0 Å². The molecule has 0 unspecified atom stereocenters. The van der Waals surface area contributed by atoms with Crippen LogP contribution in [0, 0.1) is 0 Å². The SMILES string of the molecule is [2H]c1cnc([2H])cn1. The van der Waals surface area contributed by atoms with Gasteiger partial charge in [-0.2, -0.15) is 0 Å². The van der Waals surface area contributed by atoms with Crippen LogP contribution in [0.2, 0.25) is 0 Å². The first-order valence-electron chi connectivity index (χ1n) is 2.54. The van der Waals surface area contributed by atoms with Crippen LogP contribution in [-0.2, 0) is 0 Å². The molecule has 1 aromatic heterocycles. The first-order valence-corrected chi connectivity index (χ1v) is 1.54. The molecule has 0 amide bonds. The molecule has 0 N–H and O–H groups in total. The van der Waals surface area contributed by atoms with E-state index < -0.39 is 0 Å². The molecular formula is C4H4N2. The first-order chi connectivity index (χ1) is 3.79. The molecular weight excluding hydrogens is 76.1 g/mol. The summed E-state index contributed by atoms with van der Waals surface area (Å²) >= 11 is 0. The van der Waals surface area contributed by atoms with Gasteiger partial charge < -0.3 is 0 Å². The van der Waals surface area contributed by atoms with E-state index in [4.69, 9.17) is 2.74 Å². The minimum atomic E-state index is 0.0981. The van der Waals surface area contributed by atoms with Crippen molar-refractivity contribution in [2.24, 2.45) is 0 Å². The molecule has 1 heterocycles. The zero-order valence-corrected chi connectivity index (χ0v) is 3.05. The summed E-state index contributed by atoms with van der Waals surface area (Å²) in [7, 11) is 0. The van der Waals surface area contributed by atoms with E-state index in [1.807, 2.05) is 0 Å². The zero-order valence-electron chi connectivity index (χ0n) is 5.05. The second kappa shape index (κ2) is 1.50. The van der Waals surface area contributed by atoms with E-state index in [0.717, 1.165) is 0 Å². The van der Waals surface area contributed by atoms with E-state index in [1.165, 1.54) is 12.4 Å². The summed E-state index contributed by atoms with van der Waals surface area (Å²) in [6.07, 6.45) is 2.67. The molecule has 0 saturated heterocycles. The van der Waals surface area contributed by atoms with Crippen LogP contribution in [0.25, 0.3) is 0 Å². The Morgan fingerprint density at radius 3 is 2.00 bits per heavy atom. The molecule has 0 radical (unpaired) electrons. The summed E-state index contributed by atoms with van der Waals surface area (Å²) in [4.78, 5) is 6.99. The van der Waals surface area contributed by atoms with Crippen molar-refractivity contribution in [1.82, 2.24) is 9.97 Å². The van der Waals surface area contributed by atoms with Gasteiger partial charge in [-0.1, -0.05) is 0 Å². The Morgan fingerprint density at radius 2 is 1.67 bits per heavy atom. The van der Waals surface area contributed by atoms with Crippen molar-refractivity contribution in [2.45, 2.75) is 0 Å². The highest BCUT2D eigenvalue weighted by molar-refractivity contribution is 4.70. The highest BCUT2D eigenvalue weighted by Crippen LogP contribution is 1.65. The fourth-order valence-corrected chi connectivity index (χ4v) is 0.199. The molecule has 0 spiro atoms. The third kappa shape index (κ3) is 0.516. The average molecular weight is 82.1 g/mol. The first kappa shape index (κ1) is 1.69. The fraction of sp³-hybridized carbons (Fsp3) is 0. The number of nitrogens with zero attached hydrogens (tertiary/aromatic N) is 2. The van der Waals surface area contributed by atoms with Crippen LogP contribution in [0.3, 0.4) is 0 Å². The molecule has 0 bridgehead atoms. The third-order valence-electron chi connectivity index (χ3n) is 0.394. The van der Waals surface area contributed by atoms with Gasteiger partial charge in [0.25, 0.3) is 0 Å². The molecule has 0 fully saturated rings. The Balaban J connectivity index is 3.03. The number of aromatic nitrogens is 2. The Kier molecular flexibility index (Phi) is 0.422. The van der Waals surface area contributed by atoms with Gasteiger partial charge >= 0.3 is 0 Å². The van der Waals surface area contributed by atoms with Gasteiger partial charge in [0, 0.05) is 24.7 Å². The van der Waals surface area contributed by atoms with Gasteiger partial charge in [-0.25, -0.2) is 0 Å². The summed E-state index contributed by atoms with van der Waals surface area (Å²) in [6.45, 7) is 0. The van der Waals surface area contributed by atoms with Gasteiger partial charge in [0.15, 0.2) is 0 Å². The van der Waals surface area contributed by atoms with E-state index in [0.29, 0.717) is 0 Å².